The summed E-state index contributed by atoms with van der Waals surface area (Å²) in [6.45, 7) is 4.23. The third-order valence-corrected chi connectivity index (χ3v) is 6.59. The van der Waals surface area contributed by atoms with Gasteiger partial charge in [0.25, 0.3) is 5.56 Å². The minimum absolute atomic E-state index is 0.0706. The fourth-order valence-electron chi connectivity index (χ4n) is 3.12. The highest BCUT2D eigenvalue weighted by Gasteiger charge is 2.10. The van der Waals surface area contributed by atoms with Crippen LogP contribution >= 0.6 is 23.3 Å². The number of fused-ring (bicyclic) bond motifs is 1. The SMILES string of the molecule is CCOC(=N)c1ccc2c(=O)n(-c3ccc(NC(=O)NSc4ccc(C)s4)cn3)ccc2c1. The Morgan fingerprint density at radius 3 is 2.76 bits per heavy atom. The smallest absolute Gasteiger partial charge is 0.329 e. The predicted octanol–water partition coefficient (Wildman–Crippen LogP) is 4.95. The van der Waals surface area contributed by atoms with Gasteiger partial charge in [0.15, 0.2) is 0 Å². The molecule has 3 N–H and O–H groups in total. The van der Waals surface area contributed by atoms with Gasteiger partial charge < -0.3 is 10.1 Å². The zero-order valence-corrected chi connectivity index (χ0v) is 19.5. The number of rotatable bonds is 6. The minimum atomic E-state index is -0.364. The summed E-state index contributed by atoms with van der Waals surface area (Å²) in [5, 5.41) is 11.9. The number of aryl methyl sites for hydroxylation is 1. The number of urea groups is 1. The van der Waals surface area contributed by atoms with Gasteiger partial charge >= 0.3 is 6.03 Å². The lowest BCUT2D eigenvalue weighted by atomic mass is 10.1. The second-order valence-corrected chi connectivity index (χ2v) is 9.38. The van der Waals surface area contributed by atoms with E-state index in [1.807, 2.05) is 26.0 Å². The van der Waals surface area contributed by atoms with E-state index in [0.29, 0.717) is 34.4 Å². The second kappa shape index (κ2) is 9.88. The van der Waals surface area contributed by atoms with Crippen molar-refractivity contribution in [2.24, 2.45) is 0 Å². The van der Waals surface area contributed by atoms with E-state index in [2.05, 4.69) is 15.0 Å². The number of amides is 2. The molecule has 0 unspecified atom stereocenters. The summed E-state index contributed by atoms with van der Waals surface area (Å²) in [5.74, 6) is 0.503. The number of thiophene rings is 1. The van der Waals surface area contributed by atoms with Crippen LogP contribution in [0.15, 0.2) is 69.9 Å². The van der Waals surface area contributed by atoms with Gasteiger partial charge in [0.05, 0.1) is 22.7 Å². The summed E-state index contributed by atoms with van der Waals surface area (Å²) in [7, 11) is 0. The maximum absolute atomic E-state index is 13.0. The molecule has 4 rings (SSSR count). The summed E-state index contributed by atoms with van der Waals surface area (Å²) in [4.78, 5) is 30.6. The number of pyridine rings is 2. The number of aromatic nitrogens is 2. The molecule has 4 aromatic rings. The quantitative estimate of drug-likeness (QED) is 0.206. The summed E-state index contributed by atoms with van der Waals surface area (Å²) < 4.78 is 10.4. The number of hydrogen-bond acceptors (Lipinski definition) is 7. The van der Waals surface area contributed by atoms with Gasteiger partial charge in [-0.3, -0.25) is 19.5 Å². The molecule has 1 aromatic carbocycles. The molecule has 3 heterocycles. The van der Waals surface area contributed by atoms with E-state index < -0.39 is 0 Å². The standard InChI is InChI=1S/C23H21N5O3S2/c1-3-31-21(24)16-5-7-18-15(12-16)10-11-28(22(18)29)19-8-6-17(13-25-19)26-23(30)27-33-20-9-4-14(2)32-20/h4-13,24H,3H2,1-2H3,(H2,26,27,30). The van der Waals surface area contributed by atoms with Crippen molar-refractivity contribution in [3.05, 3.63) is 81.7 Å². The van der Waals surface area contributed by atoms with Gasteiger partial charge in [0, 0.05) is 22.0 Å². The van der Waals surface area contributed by atoms with E-state index in [1.165, 1.54) is 27.6 Å². The van der Waals surface area contributed by atoms with Crippen molar-refractivity contribution in [1.29, 1.82) is 5.41 Å². The third-order valence-electron chi connectivity index (χ3n) is 4.67. The molecule has 33 heavy (non-hydrogen) atoms. The zero-order valence-electron chi connectivity index (χ0n) is 17.9. The molecule has 0 bridgehead atoms. The lowest BCUT2D eigenvalue weighted by Crippen LogP contribution is -2.23. The molecule has 168 valence electrons. The van der Waals surface area contributed by atoms with Crippen LogP contribution in [0.5, 0.6) is 0 Å². The highest BCUT2D eigenvalue weighted by molar-refractivity contribution is 7.99. The highest BCUT2D eigenvalue weighted by atomic mass is 32.2. The molecule has 8 nitrogen and oxygen atoms in total. The molecule has 0 saturated carbocycles. The van der Waals surface area contributed by atoms with Crippen LogP contribution in [0.3, 0.4) is 0 Å². The average molecular weight is 480 g/mol. The first-order valence-electron chi connectivity index (χ1n) is 10.1. The molecule has 0 radical (unpaired) electrons. The van der Waals surface area contributed by atoms with Crippen molar-refractivity contribution in [2.45, 2.75) is 18.1 Å². The number of hydrogen-bond donors (Lipinski definition) is 3. The van der Waals surface area contributed by atoms with Crippen LogP contribution in [0.4, 0.5) is 10.5 Å². The van der Waals surface area contributed by atoms with E-state index >= 15 is 0 Å². The number of benzene rings is 1. The average Bonchev–Trinajstić information content (AvgIpc) is 3.24. The Bertz CT molecular complexity index is 1380. The molecule has 0 fully saturated rings. The van der Waals surface area contributed by atoms with E-state index in [4.69, 9.17) is 10.1 Å². The molecule has 0 atom stereocenters. The van der Waals surface area contributed by atoms with Crippen LogP contribution in [0.1, 0.15) is 17.4 Å². The van der Waals surface area contributed by atoms with Gasteiger partial charge in [0.2, 0.25) is 5.90 Å². The Kier molecular flexibility index (Phi) is 6.76. The second-order valence-electron chi connectivity index (χ2n) is 6.98. The largest absolute Gasteiger partial charge is 0.478 e. The van der Waals surface area contributed by atoms with E-state index in [1.54, 1.807) is 53.9 Å². The Balaban J connectivity index is 1.47. The molecule has 10 heteroatoms. The molecule has 2 amide bonds. The van der Waals surface area contributed by atoms with Crippen molar-refractivity contribution in [1.82, 2.24) is 14.3 Å². The summed E-state index contributed by atoms with van der Waals surface area (Å²) in [6, 6.07) is 13.9. The monoisotopic (exact) mass is 479 g/mol. The van der Waals surface area contributed by atoms with E-state index in [-0.39, 0.29) is 17.5 Å². The lowest BCUT2D eigenvalue weighted by molar-refractivity contribution is 0.257. The van der Waals surface area contributed by atoms with Gasteiger partial charge in [-0.25, -0.2) is 9.78 Å². The van der Waals surface area contributed by atoms with Crippen LogP contribution < -0.4 is 15.6 Å². The number of ether oxygens (including phenoxy) is 1. The predicted molar refractivity (Wildman–Crippen MR) is 133 cm³/mol. The maximum atomic E-state index is 13.0. The summed E-state index contributed by atoms with van der Waals surface area (Å²) in [5.41, 5.74) is 0.892. The topological polar surface area (TPSA) is 109 Å². The zero-order chi connectivity index (χ0) is 23.4. The maximum Gasteiger partial charge on any atom is 0.329 e. The van der Waals surface area contributed by atoms with E-state index in [9.17, 15) is 9.59 Å². The first-order chi connectivity index (χ1) is 15.9. The molecule has 0 spiro atoms. The van der Waals surface area contributed by atoms with Gasteiger partial charge in [0.1, 0.15) is 5.82 Å². The summed E-state index contributed by atoms with van der Waals surface area (Å²) in [6.07, 6.45) is 3.14. The molecule has 3 aromatic heterocycles. The van der Waals surface area contributed by atoms with Crippen molar-refractivity contribution < 1.29 is 9.53 Å². The van der Waals surface area contributed by atoms with Gasteiger partial charge in [-0.15, -0.1) is 11.3 Å². The van der Waals surface area contributed by atoms with Gasteiger partial charge in [-0.2, -0.15) is 0 Å². The minimum Gasteiger partial charge on any atom is -0.478 e. The highest BCUT2D eigenvalue weighted by Crippen LogP contribution is 2.24. The molecule has 0 aliphatic carbocycles. The number of nitrogens with zero attached hydrogens (tertiary/aromatic N) is 2. The lowest BCUT2D eigenvalue weighted by Gasteiger charge is -2.10. The first-order valence-corrected chi connectivity index (χ1v) is 11.7. The fraction of sp³-hybridized carbons (Fsp3) is 0.130. The van der Waals surface area contributed by atoms with Crippen LogP contribution in [-0.2, 0) is 4.74 Å². The Morgan fingerprint density at radius 2 is 2.06 bits per heavy atom. The number of anilines is 1. The third kappa shape index (κ3) is 5.24. The first kappa shape index (κ1) is 22.6. The van der Waals surface area contributed by atoms with Crippen molar-refractivity contribution >= 4 is 51.7 Å². The molecular weight excluding hydrogens is 458 g/mol. The number of nitrogens with one attached hydrogen (secondary N) is 3. The molecule has 0 aliphatic rings. The van der Waals surface area contributed by atoms with Crippen LogP contribution in [0, 0.1) is 12.3 Å². The van der Waals surface area contributed by atoms with Crippen LogP contribution in [-0.4, -0.2) is 28.1 Å². The Morgan fingerprint density at radius 1 is 1.21 bits per heavy atom. The molecule has 0 aliphatic heterocycles. The van der Waals surface area contributed by atoms with Crippen LogP contribution in [0.25, 0.3) is 16.6 Å². The van der Waals surface area contributed by atoms with Crippen molar-refractivity contribution in [2.75, 3.05) is 11.9 Å². The Hall–Kier alpha value is -3.63. The van der Waals surface area contributed by atoms with Crippen molar-refractivity contribution in [3.8, 4) is 5.82 Å². The normalized spacial score (nSPS) is 10.7. The number of carbonyl (C=O) groups is 1. The van der Waals surface area contributed by atoms with Crippen LogP contribution in [0.2, 0.25) is 0 Å². The molecule has 0 saturated heterocycles. The number of carbonyl (C=O) groups excluding carboxylic acids is 1. The van der Waals surface area contributed by atoms with Crippen molar-refractivity contribution in [3.63, 3.8) is 0 Å². The summed E-state index contributed by atoms with van der Waals surface area (Å²) >= 11 is 2.85. The van der Waals surface area contributed by atoms with Gasteiger partial charge in [-0.05, 0) is 79.7 Å². The Labute approximate surface area is 198 Å². The fourth-order valence-corrected chi connectivity index (χ4v) is 4.78. The van der Waals surface area contributed by atoms with E-state index in [0.717, 1.165) is 4.21 Å². The molecular formula is C23H21N5O3S2. The van der Waals surface area contributed by atoms with Gasteiger partial charge in [-0.1, -0.05) is 0 Å².